The summed E-state index contributed by atoms with van der Waals surface area (Å²) < 4.78 is 5.81. The molecular weight excluding hydrogens is 342 g/mol. The molecule has 0 aliphatic carbocycles. The molecule has 134 valence electrons. The largest absolute Gasteiger partial charge is 0.483 e. The number of amides is 1. The number of para-hydroxylation sites is 1. The monoisotopic (exact) mass is 365 g/mol. The summed E-state index contributed by atoms with van der Waals surface area (Å²) in [5.41, 5.74) is 2.17. The molecule has 3 nitrogen and oxygen atoms in total. The van der Waals surface area contributed by atoms with Gasteiger partial charge in [-0.2, -0.15) is 0 Å². The van der Waals surface area contributed by atoms with E-state index in [0.29, 0.717) is 5.92 Å². The molecule has 0 fully saturated rings. The first kappa shape index (κ1) is 18.2. The van der Waals surface area contributed by atoms with E-state index in [1.165, 1.54) is 0 Å². The number of ether oxygens (including phenoxy) is 1. The molecule has 0 aliphatic rings. The number of nitrogens with one attached hydrogen (secondary N) is 1. The molecule has 0 radical (unpaired) electrons. The van der Waals surface area contributed by atoms with E-state index in [9.17, 15) is 4.79 Å². The summed E-state index contributed by atoms with van der Waals surface area (Å²) in [7, 11) is 0. The second-order valence-corrected chi connectivity index (χ2v) is 7.39. The predicted octanol–water partition coefficient (Wildman–Crippen LogP) is 5.16. The number of thiophene rings is 1. The predicted molar refractivity (Wildman–Crippen MR) is 107 cm³/mol. The van der Waals surface area contributed by atoms with Crippen LogP contribution in [-0.4, -0.2) is 12.5 Å². The van der Waals surface area contributed by atoms with Gasteiger partial charge in [-0.05, 0) is 34.6 Å². The normalized spacial score (nSPS) is 12.0. The van der Waals surface area contributed by atoms with Gasteiger partial charge in [-0.25, -0.2) is 0 Å². The van der Waals surface area contributed by atoms with Crippen LogP contribution in [0.3, 0.4) is 0 Å². The topological polar surface area (TPSA) is 38.3 Å². The van der Waals surface area contributed by atoms with E-state index in [4.69, 9.17) is 4.74 Å². The Balaban J connectivity index is 1.70. The molecule has 3 rings (SSSR count). The second-order valence-electron chi connectivity index (χ2n) is 6.41. The standard InChI is InChI=1S/C22H23NO2S/c1-16(2)18-11-6-7-12-19(18)25-15-21(24)23-22(20-13-8-14-26-20)17-9-4-3-5-10-17/h3-14,16,22H,15H2,1-2H3,(H,23,24)/t22-/m0/s1. The Morgan fingerprint density at radius 2 is 1.73 bits per heavy atom. The van der Waals surface area contributed by atoms with Crippen LogP contribution in [0, 0.1) is 0 Å². The molecule has 1 atom stereocenters. The molecule has 1 aromatic heterocycles. The van der Waals surface area contributed by atoms with Crippen LogP contribution in [0.25, 0.3) is 0 Å². The number of hydrogen-bond donors (Lipinski definition) is 1. The first-order valence-electron chi connectivity index (χ1n) is 8.74. The number of rotatable bonds is 7. The molecule has 0 unspecified atom stereocenters. The highest BCUT2D eigenvalue weighted by atomic mass is 32.1. The lowest BCUT2D eigenvalue weighted by Gasteiger charge is -2.19. The van der Waals surface area contributed by atoms with Gasteiger partial charge in [0.2, 0.25) is 0 Å². The van der Waals surface area contributed by atoms with Crippen molar-refractivity contribution in [1.29, 1.82) is 0 Å². The third kappa shape index (κ3) is 4.52. The van der Waals surface area contributed by atoms with Gasteiger partial charge in [0.25, 0.3) is 5.91 Å². The van der Waals surface area contributed by atoms with Gasteiger partial charge in [-0.15, -0.1) is 11.3 Å². The molecule has 4 heteroatoms. The fourth-order valence-corrected chi connectivity index (χ4v) is 3.66. The maximum atomic E-state index is 12.5. The zero-order chi connectivity index (χ0) is 18.4. The Bertz CT molecular complexity index is 828. The maximum Gasteiger partial charge on any atom is 0.258 e. The third-order valence-electron chi connectivity index (χ3n) is 4.17. The summed E-state index contributed by atoms with van der Waals surface area (Å²) in [6.07, 6.45) is 0. The average molecular weight is 365 g/mol. The SMILES string of the molecule is CC(C)c1ccccc1OCC(=O)N[C@@H](c1ccccc1)c1cccs1. The van der Waals surface area contributed by atoms with Crippen LogP contribution >= 0.6 is 11.3 Å². The summed E-state index contributed by atoms with van der Waals surface area (Å²) in [4.78, 5) is 13.6. The van der Waals surface area contributed by atoms with Gasteiger partial charge in [0.1, 0.15) is 5.75 Å². The Kier molecular flexibility index (Phi) is 6.08. The molecule has 1 N–H and O–H groups in total. The van der Waals surface area contributed by atoms with E-state index < -0.39 is 0 Å². The third-order valence-corrected chi connectivity index (χ3v) is 5.10. The fraction of sp³-hybridized carbons (Fsp3) is 0.227. The maximum absolute atomic E-state index is 12.5. The first-order valence-corrected chi connectivity index (χ1v) is 9.62. The highest BCUT2D eigenvalue weighted by Crippen LogP contribution is 2.27. The van der Waals surface area contributed by atoms with Gasteiger partial charge < -0.3 is 10.1 Å². The van der Waals surface area contributed by atoms with Crippen LogP contribution in [0.1, 0.15) is 41.8 Å². The van der Waals surface area contributed by atoms with Crippen molar-refractivity contribution in [2.75, 3.05) is 6.61 Å². The molecule has 0 aliphatic heterocycles. The minimum absolute atomic E-state index is 0.00155. The number of benzene rings is 2. The van der Waals surface area contributed by atoms with Crippen molar-refractivity contribution in [1.82, 2.24) is 5.32 Å². The summed E-state index contributed by atoms with van der Waals surface area (Å²) in [6, 6.07) is 21.7. The van der Waals surface area contributed by atoms with Crippen molar-refractivity contribution in [3.8, 4) is 5.75 Å². The van der Waals surface area contributed by atoms with Crippen molar-refractivity contribution in [2.45, 2.75) is 25.8 Å². The van der Waals surface area contributed by atoms with E-state index >= 15 is 0 Å². The van der Waals surface area contributed by atoms with Crippen molar-refractivity contribution >= 4 is 17.2 Å². The van der Waals surface area contributed by atoms with Crippen LogP contribution in [-0.2, 0) is 4.79 Å². The van der Waals surface area contributed by atoms with Crippen LogP contribution in [0.2, 0.25) is 0 Å². The zero-order valence-corrected chi connectivity index (χ0v) is 15.8. The molecule has 2 aromatic carbocycles. The number of carbonyl (C=O) groups is 1. The lowest BCUT2D eigenvalue weighted by Crippen LogP contribution is -2.33. The van der Waals surface area contributed by atoms with Gasteiger partial charge in [-0.3, -0.25) is 4.79 Å². The van der Waals surface area contributed by atoms with Gasteiger partial charge in [0.05, 0.1) is 6.04 Å². The molecule has 0 saturated heterocycles. The van der Waals surface area contributed by atoms with Crippen LogP contribution in [0.4, 0.5) is 0 Å². The average Bonchev–Trinajstić information content (AvgIpc) is 3.19. The fourth-order valence-electron chi connectivity index (χ4n) is 2.85. The van der Waals surface area contributed by atoms with Gasteiger partial charge in [0.15, 0.2) is 6.61 Å². The molecule has 3 aromatic rings. The smallest absolute Gasteiger partial charge is 0.258 e. The number of hydrogen-bond acceptors (Lipinski definition) is 3. The lowest BCUT2D eigenvalue weighted by atomic mass is 10.0. The van der Waals surface area contributed by atoms with E-state index in [0.717, 1.165) is 21.8 Å². The van der Waals surface area contributed by atoms with E-state index in [2.05, 4.69) is 19.2 Å². The Morgan fingerprint density at radius 1 is 1.00 bits per heavy atom. The van der Waals surface area contributed by atoms with Gasteiger partial charge in [-0.1, -0.05) is 68.4 Å². The van der Waals surface area contributed by atoms with Crippen LogP contribution in [0.15, 0.2) is 72.1 Å². The molecule has 26 heavy (non-hydrogen) atoms. The van der Waals surface area contributed by atoms with Crippen LogP contribution < -0.4 is 10.1 Å². The van der Waals surface area contributed by atoms with Crippen LogP contribution in [0.5, 0.6) is 5.75 Å². The van der Waals surface area contributed by atoms with Crippen molar-refractivity contribution in [3.63, 3.8) is 0 Å². The molecule has 0 spiro atoms. The Morgan fingerprint density at radius 3 is 2.42 bits per heavy atom. The van der Waals surface area contributed by atoms with Gasteiger partial charge >= 0.3 is 0 Å². The second kappa shape index (κ2) is 8.68. The molecular formula is C22H23NO2S. The highest BCUT2D eigenvalue weighted by Gasteiger charge is 2.18. The number of carbonyl (C=O) groups excluding carboxylic acids is 1. The summed E-state index contributed by atoms with van der Waals surface area (Å²) >= 11 is 1.63. The summed E-state index contributed by atoms with van der Waals surface area (Å²) in [5, 5.41) is 5.12. The van der Waals surface area contributed by atoms with Crippen molar-refractivity contribution in [3.05, 3.63) is 88.1 Å². The summed E-state index contributed by atoms with van der Waals surface area (Å²) in [5.74, 6) is 0.980. The molecule has 0 saturated carbocycles. The van der Waals surface area contributed by atoms with Crippen molar-refractivity contribution < 1.29 is 9.53 Å². The highest BCUT2D eigenvalue weighted by molar-refractivity contribution is 7.10. The van der Waals surface area contributed by atoms with E-state index in [1.807, 2.05) is 72.1 Å². The zero-order valence-electron chi connectivity index (χ0n) is 15.0. The molecule has 0 bridgehead atoms. The summed E-state index contributed by atoms with van der Waals surface area (Å²) in [6.45, 7) is 4.23. The minimum atomic E-state index is -0.160. The first-order chi connectivity index (χ1) is 12.6. The van der Waals surface area contributed by atoms with Crippen molar-refractivity contribution in [2.24, 2.45) is 0 Å². The molecule has 1 amide bonds. The van der Waals surface area contributed by atoms with E-state index in [-0.39, 0.29) is 18.6 Å². The lowest BCUT2D eigenvalue weighted by molar-refractivity contribution is -0.123. The quantitative estimate of drug-likeness (QED) is 0.628. The van der Waals surface area contributed by atoms with Gasteiger partial charge in [0, 0.05) is 4.88 Å². The Hall–Kier alpha value is -2.59. The molecule has 1 heterocycles. The minimum Gasteiger partial charge on any atom is -0.483 e. The Labute approximate surface area is 158 Å². The van der Waals surface area contributed by atoms with E-state index in [1.54, 1.807) is 11.3 Å².